The average molecular weight is 274 g/mol. The van der Waals surface area contributed by atoms with Gasteiger partial charge in [-0.2, -0.15) is 0 Å². The molecule has 0 amide bonds. The molecule has 1 aliphatic rings. The Labute approximate surface area is 124 Å². The van der Waals surface area contributed by atoms with Crippen molar-refractivity contribution in [2.45, 2.75) is 52.1 Å². The molecular weight excluding hydrogens is 244 g/mol. The molecule has 0 aromatic heterocycles. The van der Waals surface area contributed by atoms with Crippen molar-refractivity contribution in [3.05, 3.63) is 35.9 Å². The molecule has 112 valence electrons. The molecular formula is C18H30N2. The monoisotopic (exact) mass is 274 g/mol. The minimum absolute atomic E-state index is 0.604. The van der Waals surface area contributed by atoms with E-state index in [4.69, 9.17) is 0 Å². The number of nitrogens with one attached hydrogen (secondary N) is 1. The third-order valence-corrected chi connectivity index (χ3v) is 4.40. The summed E-state index contributed by atoms with van der Waals surface area (Å²) in [5.74, 6) is 0.801. The second kappa shape index (κ2) is 7.80. The van der Waals surface area contributed by atoms with Gasteiger partial charge in [0.2, 0.25) is 0 Å². The molecule has 0 radical (unpaired) electrons. The Hall–Kier alpha value is -0.860. The van der Waals surface area contributed by atoms with Gasteiger partial charge in [0.05, 0.1) is 0 Å². The molecule has 20 heavy (non-hydrogen) atoms. The highest BCUT2D eigenvalue weighted by molar-refractivity contribution is 5.16. The van der Waals surface area contributed by atoms with Gasteiger partial charge in [-0.25, -0.2) is 0 Å². The Morgan fingerprint density at radius 1 is 1.25 bits per heavy atom. The third-order valence-electron chi connectivity index (χ3n) is 4.40. The molecule has 2 unspecified atom stereocenters. The predicted octanol–water partition coefficient (Wildman–Crippen LogP) is 3.33. The minimum Gasteiger partial charge on any atom is -0.311 e. The van der Waals surface area contributed by atoms with Gasteiger partial charge >= 0.3 is 0 Å². The summed E-state index contributed by atoms with van der Waals surface area (Å²) in [5, 5.41) is 3.74. The zero-order valence-corrected chi connectivity index (χ0v) is 13.3. The second-order valence-corrected chi connectivity index (χ2v) is 6.53. The van der Waals surface area contributed by atoms with Gasteiger partial charge in [-0.3, -0.25) is 4.90 Å². The second-order valence-electron chi connectivity index (χ2n) is 6.53. The van der Waals surface area contributed by atoms with Crippen molar-refractivity contribution in [1.29, 1.82) is 0 Å². The van der Waals surface area contributed by atoms with Crippen LogP contribution in [0.2, 0.25) is 0 Å². The van der Waals surface area contributed by atoms with Crippen LogP contribution in [0.1, 0.15) is 39.2 Å². The average Bonchev–Trinajstić information content (AvgIpc) is 2.46. The van der Waals surface area contributed by atoms with Crippen LogP contribution in [0.4, 0.5) is 0 Å². The summed E-state index contributed by atoms with van der Waals surface area (Å²) in [7, 11) is 0. The van der Waals surface area contributed by atoms with Crippen LogP contribution in [-0.2, 0) is 6.42 Å². The first-order chi connectivity index (χ1) is 9.69. The Morgan fingerprint density at radius 3 is 2.65 bits per heavy atom. The van der Waals surface area contributed by atoms with Crippen LogP contribution in [0.5, 0.6) is 0 Å². The quantitative estimate of drug-likeness (QED) is 0.856. The standard InChI is InChI=1S/C18H30N2/c1-4-18-13-19-17(12-16-8-6-5-7-9-16)14-20(18)11-10-15(2)3/h5-9,15,17-19H,4,10-14H2,1-3H3. The first-order valence-corrected chi connectivity index (χ1v) is 8.20. The van der Waals surface area contributed by atoms with Crippen LogP contribution in [0, 0.1) is 5.92 Å². The van der Waals surface area contributed by atoms with E-state index in [1.54, 1.807) is 0 Å². The van der Waals surface area contributed by atoms with Gasteiger partial charge in [0.15, 0.2) is 0 Å². The van der Waals surface area contributed by atoms with Crippen molar-refractivity contribution < 1.29 is 0 Å². The van der Waals surface area contributed by atoms with E-state index < -0.39 is 0 Å². The van der Waals surface area contributed by atoms with E-state index in [-0.39, 0.29) is 0 Å². The van der Waals surface area contributed by atoms with E-state index in [2.05, 4.69) is 61.3 Å². The fraction of sp³-hybridized carbons (Fsp3) is 0.667. The zero-order valence-electron chi connectivity index (χ0n) is 13.3. The van der Waals surface area contributed by atoms with Crippen molar-refractivity contribution in [3.8, 4) is 0 Å². The van der Waals surface area contributed by atoms with Crippen molar-refractivity contribution in [3.63, 3.8) is 0 Å². The fourth-order valence-electron chi connectivity index (χ4n) is 3.06. The van der Waals surface area contributed by atoms with Crippen LogP contribution < -0.4 is 5.32 Å². The molecule has 1 fully saturated rings. The van der Waals surface area contributed by atoms with Gasteiger partial charge in [0, 0.05) is 25.2 Å². The SMILES string of the molecule is CCC1CNC(Cc2ccccc2)CN1CCC(C)C. The van der Waals surface area contributed by atoms with E-state index in [0.29, 0.717) is 6.04 Å². The van der Waals surface area contributed by atoms with Gasteiger partial charge in [0.25, 0.3) is 0 Å². The third kappa shape index (κ3) is 4.60. The normalized spacial score (nSPS) is 24.2. The number of hydrogen-bond acceptors (Lipinski definition) is 2. The fourth-order valence-corrected chi connectivity index (χ4v) is 3.06. The summed E-state index contributed by atoms with van der Waals surface area (Å²) >= 11 is 0. The van der Waals surface area contributed by atoms with Crippen molar-refractivity contribution >= 4 is 0 Å². The lowest BCUT2D eigenvalue weighted by atomic mass is 9.99. The molecule has 1 aliphatic heterocycles. The highest BCUT2D eigenvalue weighted by atomic mass is 15.2. The molecule has 1 saturated heterocycles. The van der Waals surface area contributed by atoms with Crippen LogP contribution in [0.25, 0.3) is 0 Å². The topological polar surface area (TPSA) is 15.3 Å². The van der Waals surface area contributed by atoms with Crippen LogP contribution in [-0.4, -0.2) is 36.6 Å². The zero-order chi connectivity index (χ0) is 14.4. The molecule has 0 bridgehead atoms. The summed E-state index contributed by atoms with van der Waals surface area (Å²) in [5.41, 5.74) is 1.45. The van der Waals surface area contributed by atoms with Gasteiger partial charge in [0.1, 0.15) is 0 Å². The lowest BCUT2D eigenvalue weighted by Gasteiger charge is -2.40. The summed E-state index contributed by atoms with van der Waals surface area (Å²) in [6, 6.07) is 12.2. The maximum atomic E-state index is 3.74. The maximum absolute atomic E-state index is 3.74. The number of hydrogen-bond donors (Lipinski definition) is 1. The molecule has 2 nitrogen and oxygen atoms in total. The van der Waals surface area contributed by atoms with E-state index in [1.807, 2.05) is 0 Å². The Balaban J connectivity index is 1.89. The van der Waals surface area contributed by atoms with Gasteiger partial charge in [-0.05, 0) is 37.3 Å². The number of rotatable bonds is 6. The number of benzene rings is 1. The minimum atomic E-state index is 0.604. The van der Waals surface area contributed by atoms with Crippen molar-refractivity contribution in [2.24, 2.45) is 5.92 Å². The van der Waals surface area contributed by atoms with Crippen molar-refractivity contribution in [2.75, 3.05) is 19.6 Å². The summed E-state index contributed by atoms with van der Waals surface area (Å²) in [6.45, 7) is 10.6. The lowest BCUT2D eigenvalue weighted by molar-refractivity contribution is 0.120. The molecule has 2 heteroatoms. The van der Waals surface area contributed by atoms with Crippen LogP contribution >= 0.6 is 0 Å². The summed E-state index contributed by atoms with van der Waals surface area (Å²) < 4.78 is 0. The predicted molar refractivity (Wildman–Crippen MR) is 87.0 cm³/mol. The maximum Gasteiger partial charge on any atom is 0.0236 e. The number of nitrogens with zero attached hydrogens (tertiary/aromatic N) is 1. The Bertz CT molecular complexity index is 374. The van der Waals surface area contributed by atoms with E-state index >= 15 is 0 Å². The van der Waals surface area contributed by atoms with Gasteiger partial charge in [-0.1, -0.05) is 51.1 Å². The first kappa shape index (κ1) is 15.5. The van der Waals surface area contributed by atoms with Crippen LogP contribution in [0.15, 0.2) is 30.3 Å². The Morgan fingerprint density at radius 2 is 2.00 bits per heavy atom. The van der Waals surface area contributed by atoms with Crippen LogP contribution in [0.3, 0.4) is 0 Å². The van der Waals surface area contributed by atoms with Gasteiger partial charge < -0.3 is 5.32 Å². The van der Waals surface area contributed by atoms with Gasteiger partial charge in [-0.15, -0.1) is 0 Å². The largest absolute Gasteiger partial charge is 0.311 e. The molecule has 1 heterocycles. The smallest absolute Gasteiger partial charge is 0.0236 e. The molecule has 1 aromatic rings. The Kier molecular flexibility index (Phi) is 6.06. The number of piperazine rings is 1. The first-order valence-electron chi connectivity index (χ1n) is 8.20. The molecule has 1 aromatic carbocycles. The molecule has 0 spiro atoms. The highest BCUT2D eigenvalue weighted by Crippen LogP contribution is 2.15. The molecule has 2 rings (SSSR count). The molecule has 0 aliphatic carbocycles. The molecule has 2 atom stereocenters. The summed E-state index contributed by atoms with van der Waals surface area (Å²) in [4.78, 5) is 2.71. The molecule has 0 saturated carbocycles. The van der Waals surface area contributed by atoms with E-state index in [1.165, 1.54) is 31.5 Å². The lowest BCUT2D eigenvalue weighted by Crippen LogP contribution is -2.57. The summed E-state index contributed by atoms with van der Waals surface area (Å²) in [6.07, 6.45) is 3.72. The molecule has 1 N–H and O–H groups in total. The highest BCUT2D eigenvalue weighted by Gasteiger charge is 2.26. The van der Waals surface area contributed by atoms with E-state index in [9.17, 15) is 0 Å². The van der Waals surface area contributed by atoms with Crippen molar-refractivity contribution in [1.82, 2.24) is 10.2 Å². The van der Waals surface area contributed by atoms with E-state index in [0.717, 1.165) is 24.9 Å².